The topological polar surface area (TPSA) is 81.6 Å². The summed E-state index contributed by atoms with van der Waals surface area (Å²) in [4.78, 5) is 11.1. The maximum atomic E-state index is 11.1. The quantitative estimate of drug-likeness (QED) is 0.376. The van der Waals surface area contributed by atoms with E-state index < -0.39 is 6.10 Å². The number of carbonyl (C=O) groups is 1. The van der Waals surface area contributed by atoms with E-state index in [0.29, 0.717) is 26.1 Å². The molecule has 0 bridgehead atoms. The van der Waals surface area contributed by atoms with Crippen LogP contribution in [0, 0.1) is 0 Å². The first-order valence-electron chi connectivity index (χ1n) is 4.97. The zero-order valence-electron chi connectivity index (χ0n) is 8.62. The highest BCUT2D eigenvalue weighted by molar-refractivity contribution is 5.75. The fraction of sp³-hybridized carbons (Fsp3) is 0.889. The minimum Gasteiger partial charge on any atom is -0.394 e. The van der Waals surface area contributed by atoms with Crippen LogP contribution in [0.4, 0.5) is 0 Å². The van der Waals surface area contributed by atoms with Crippen molar-refractivity contribution in [3.8, 4) is 0 Å². The first kappa shape index (κ1) is 13.4. The van der Waals surface area contributed by atoms with Gasteiger partial charge in [-0.2, -0.15) is 0 Å². The second-order valence-electron chi connectivity index (χ2n) is 3.14. The predicted octanol–water partition coefficient (Wildman–Crippen LogP) is -1.15. The third kappa shape index (κ3) is 7.97. The number of hydrogen-bond acceptors (Lipinski definition) is 4. The van der Waals surface area contributed by atoms with Crippen LogP contribution in [0.2, 0.25) is 0 Å². The van der Waals surface area contributed by atoms with Crippen molar-refractivity contribution < 1.29 is 15.0 Å². The van der Waals surface area contributed by atoms with Crippen molar-refractivity contribution in [2.75, 3.05) is 26.2 Å². The number of aliphatic hydroxyl groups is 2. The maximum absolute atomic E-state index is 11.1. The largest absolute Gasteiger partial charge is 0.394 e. The van der Waals surface area contributed by atoms with Gasteiger partial charge in [0.15, 0.2) is 0 Å². The zero-order chi connectivity index (χ0) is 10.8. The highest BCUT2D eigenvalue weighted by Crippen LogP contribution is 1.81. The van der Waals surface area contributed by atoms with E-state index >= 15 is 0 Å². The molecule has 5 nitrogen and oxygen atoms in total. The van der Waals surface area contributed by atoms with Gasteiger partial charge >= 0.3 is 0 Å². The second kappa shape index (κ2) is 8.93. The van der Waals surface area contributed by atoms with E-state index in [1.54, 1.807) is 0 Å². The van der Waals surface area contributed by atoms with Crippen molar-refractivity contribution in [2.24, 2.45) is 0 Å². The summed E-state index contributed by atoms with van der Waals surface area (Å²) in [5.74, 6) is 0.0119. The molecule has 14 heavy (non-hydrogen) atoms. The molecule has 0 radical (unpaired) electrons. The Labute approximate surface area is 84.5 Å². The smallest absolute Gasteiger partial charge is 0.221 e. The highest BCUT2D eigenvalue weighted by Gasteiger charge is 2.02. The number of hydrogen-bond donors (Lipinski definition) is 4. The van der Waals surface area contributed by atoms with Gasteiger partial charge in [0.1, 0.15) is 0 Å². The Morgan fingerprint density at radius 3 is 2.71 bits per heavy atom. The van der Waals surface area contributed by atoms with Crippen LogP contribution < -0.4 is 10.6 Å². The Morgan fingerprint density at radius 1 is 1.43 bits per heavy atom. The van der Waals surface area contributed by atoms with Crippen LogP contribution in [0.25, 0.3) is 0 Å². The van der Waals surface area contributed by atoms with E-state index in [-0.39, 0.29) is 12.5 Å². The molecule has 0 aromatic heterocycles. The minimum atomic E-state index is -0.742. The fourth-order valence-electron chi connectivity index (χ4n) is 0.888. The first-order chi connectivity index (χ1) is 6.70. The molecule has 0 rings (SSSR count). The van der Waals surface area contributed by atoms with Crippen LogP contribution in [-0.4, -0.2) is 48.5 Å². The Hall–Kier alpha value is -0.650. The normalized spacial score (nSPS) is 12.5. The first-order valence-corrected chi connectivity index (χ1v) is 4.97. The number of nitrogens with one attached hydrogen (secondary N) is 2. The summed E-state index contributed by atoms with van der Waals surface area (Å²) in [5, 5.41) is 23.1. The molecule has 84 valence electrons. The van der Waals surface area contributed by atoms with Gasteiger partial charge in [-0.1, -0.05) is 6.92 Å². The van der Waals surface area contributed by atoms with Crippen LogP contribution in [0.5, 0.6) is 0 Å². The van der Waals surface area contributed by atoms with Crippen molar-refractivity contribution >= 4 is 5.91 Å². The van der Waals surface area contributed by atoms with E-state index in [2.05, 4.69) is 10.6 Å². The summed E-state index contributed by atoms with van der Waals surface area (Å²) in [6, 6.07) is 0. The van der Waals surface area contributed by atoms with Gasteiger partial charge in [-0.15, -0.1) is 0 Å². The summed E-state index contributed by atoms with van der Waals surface area (Å²) in [6.45, 7) is 3.29. The third-order valence-corrected chi connectivity index (χ3v) is 1.69. The molecule has 0 saturated carbocycles. The van der Waals surface area contributed by atoms with Crippen molar-refractivity contribution in [2.45, 2.75) is 25.9 Å². The van der Waals surface area contributed by atoms with E-state index in [1.165, 1.54) is 0 Å². The van der Waals surface area contributed by atoms with Gasteiger partial charge < -0.3 is 20.8 Å². The second-order valence-corrected chi connectivity index (χ2v) is 3.14. The Kier molecular flexibility index (Phi) is 8.51. The molecule has 0 aliphatic carbocycles. The standard InChI is InChI=1S/C9H20N2O3/c1-2-4-11-9(14)3-5-10-6-8(13)7-12/h8,10,12-13H,2-7H2,1H3,(H,11,14)/t8-/m0/s1. The van der Waals surface area contributed by atoms with Crippen molar-refractivity contribution in [3.05, 3.63) is 0 Å². The molecular weight excluding hydrogens is 184 g/mol. The molecule has 0 aromatic rings. The summed E-state index contributed by atoms with van der Waals surface area (Å²) >= 11 is 0. The highest BCUT2D eigenvalue weighted by atomic mass is 16.3. The lowest BCUT2D eigenvalue weighted by Gasteiger charge is -2.08. The monoisotopic (exact) mass is 204 g/mol. The van der Waals surface area contributed by atoms with Gasteiger partial charge in [0.05, 0.1) is 12.7 Å². The molecule has 0 aliphatic rings. The Bertz CT molecular complexity index is 153. The molecule has 0 fully saturated rings. The molecule has 5 heteroatoms. The molecule has 0 aliphatic heterocycles. The fourth-order valence-corrected chi connectivity index (χ4v) is 0.888. The lowest BCUT2D eigenvalue weighted by atomic mass is 10.3. The van der Waals surface area contributed by atoms with Gasteiger partial charge in [-0.05, 0) is 6.42 Å². The van der Waals surface area contributed by atoms with Gasteiger partial charge in [-0.25, -0.2) is 0 Å². The van der Waals surface area contributed by atoms with E-state index in [1.807, 2.05) is 6.92 Å². The van der Waals surface area contributed by atoms with Gasteiger partial charge in [0, 0.05) is 26.1 Å². The average Bonchev–Trinajstić information content (AvgIpc) is 2.21. The molecule has 0 saturated heterocycles. The molecule has 1 atom stereocenters. The van der Waals surface area contributed by atoms with Crippen molar-refractivity contribution in [3.63, 3.8) is 0 Å². The Balaban J connectivity index is 3.22. The van der Waals surface area contributed by atoms with Crippen LogP contribution >= 0.6 is 0 Å². The van der Waals surface area contributed by atoms with Crippen LogP contribution in [0.15, 0.2) is 0 Å². The summed E-state index contributed by atoms with van der Waals surface area (Å²) in [6.07, 6.45) is 0.592. The number of amides is 1. The minimum absolute atomic E-state index is 0.0119. The SMILES string of the molecule is CCCNC(=O)CCNC[C@H](O)CO. The predicted molar refractivity (Wildman–Crippen MR) is 53.9 cm³/mol. The summed E-state index contributed by atoms with van der Waals surface area (Å²) in [7, 11) is 0. The lowest BCUT2D eigenvalue weighted by molar-refractivity contribution is -0.121. The average molecular weight is 204 g/mol. The van der Waals surface area contributed by atoms with Crippen LogP contribution in [0.1, 0.15) is 19.8 Å². The van der Waals surface area contributed by atoms with Crippen LogP contribution in [-0.2, 0) is 4.79 Å². The molecule has 0 unspecified atom stereocenters. The third-order valence-electron chi connectivity index (χ3n) is 1.69. The lowest BCUT2D eigenvalue weighted by Crippen LogP contribution is -2.33. The molecule has 0 heterocycles. The molecular formula is C9H20N2O3. The number of rotatable bonds is 8. The van der Waals surface area contributed by atoms with Gasteiger partial charge in [0.2, 0.25) is 5.91 Å². The summed E-state index contributed by atoms with van der Waals surface area (Å²) in [5.41, 5.74) is 0. The molecule has 0 aromatic carbocycles. The van der Waals surface area contributed by atoms with E-state index in [9.17, 15) is 4.79 Å². The molecule has 4 N–H and O–H groups in total. The van der Waals surface area contributed by atoms with Crippen LogP contribution in [0.3, 0.4) is 0 Å². The number of carbonyl (C=O) groups excluding carboxylic acids is 1. The van der Waals surface area contributed by atoms with E-state index in [4.69, 9.17) is 10.2 Å². The Morgan fingerprint density at radius 2 is 2.14 bits per heavy atom. The van der Waals surface area contributed by atoms with Gasteiger partial charge in [0.25, 0.3) is 0 Å². The number of aliphatic hydroxyl groups excluding tert-OH is 2. The van der Waals surface area contributed by atoms with Gasteiger partial charge in [-0.3, -0.25) is 4.79 Å². The van der Waals surface area contributed by atoms with Crippen molar-refractivity contribution in [1.82, 2.24) is 10.6 Å². The van der Waals surface area contributed by atoms with Crippen molar-refractivity contribution in [1.29, 1.82) is 0 Å². The molecule has 1 amide bonds. The molecule has 0 spiro atoms. The van der Waals surface area contributed by atoms with E-state index in [0.717, 1.165) is 6.42 Å². The summed E-state index contributed by atoms with van der Waals surface area (Å²) < 4.78 is 0. The maximum Gasteiger partial charge on any atom is 0.221 e. The zero-order valence-corrected chi connectivity index (χ0v) is 8.62.